The summed E-state index contributed by atoms with van der Waals surface area (Å²) in [5, 5.41) is 7.59. The molecule has 0 bridgehead atoms. The SMILES string of the molecule is CN=C(NCC(C)Cn1cccn1)N(C)Cc1ccc(F)cc1.I. The van der Waals surface area contributed by atoms with Crippen molar-refractivity contribution in [2.24, 2.45) is 10.9 Å². The smallest absolute Gasteiger partial charge is 0.193 e. The van der Waals surface area contributed by atoms with Crippen molar-refractivity contribution in [2.45, 2.75) is 20.0 Å². The summed E-state index contributed by atoms with van der Waals surface area (Å²) in [5.74, 6) is 1.03. The molecular weight excluding hydrogens is 420 g/mol. The van der Waals surface area contributed by atoms with Gasteiger partial charge >= 0.3 is 0 Å². The number of rotatable bonds is 6. The van der Waals surface area contributed by atoms with Gasteiger partial charge in [0, 0.05) is 46.1 Å². The first-order valence-electron chi connectivity index (χ1n) is 7.72. The van der Waals surface area contributed by atoms with Crippen LogP contribution in [0.2, 0.25) is 0 Å². The van der Waals surface area contributed by atoms with Gasteiger partial charge in [0.05, 0.1) is 0 Å². The Hall–Kier alpha value is -1.64. The standard InChI is InChI=1S/C17H24FN5.HI/c1-14(12-23-10-4-9-21-23)11-20-17(19-2)22(3)13-15-5-7-16(18)8-6-15;/h4-10,14H,11-13H2,1-3H3,(H,19,20);1H. The lowest BCUT2D eigenvalue weighted by atomic mass is 10.2. The Morgan fingerprint density at radius 1 is 1.38 bits per heavy atom. The number of aliphatic imine (C=N–C) groups is 1. The summed E-state index contributed by atoms with van der Waals surface area (Å²) >= 11 is 0. The van der Waals surface area contributed by atoms with Crippen molar-refractivity contribution < 1.29 is 4.39 Å². The van der Waals surface area contributed by atoms with Gasteiger partial charge in [-0.1, -0.05) is 19.1 Å². The molecule has 2 aromatic rings. The highest BCUT2D eigenvalue weighted by Gasteiger charge is 2.09. The van der Waals surface area contributed by atoms with E-state index in [1.807, 2.05) is 28.9 Å². The molecule has 0 spiro atoms. The van der Waals surface area contributed by atoms with Crippen LogP contribution >= 0.6 is 24.0 Å². The number of nitrogens with zero attached hydrogens (tertiary/aromatic N) is 4. The van der Waals surface area contributed by atoms with E-state index in [1.165, 1.54) is 12.1 Å². The predicted molar refractivity (Wildman–Crippen MR) is 106 cm³/mol. The molecule has 2 rings (SSSR count). The molecule has 0 saturated heterocycles. The fourth-order valence-electron chi connectivity index (χ4n) is 2.38. The molecule has 1 heterocycles. The molecular formula is C17H25FIN5. The third-order valence-corrected chi connectivity index (χ3v) is 3.57. The van der Waals surface area contributed by atoms with Gasteiger partial charge in [-0.2, -0.15) is 5.10 Å². The summed E-state index contributed by atoms with van der Waals surface area (Å²) in [6.07, 6.45) is 3.75. The molecule has 1 aromatic heterocycles. The molecule has 0 fully saturated rings. The minimum atomic E-state index is -0.216. The van der Waals surface area contributed by atoms with Crippen LogP contribution in [0.15, 0.2) is 47.7 Å². The molecule has 7 heteroatoms. The van der Waals surface area contributed by atoms with E-state index in [4.69, 9.17) is 0 Å². The third-order valence-electron chi connectivity index (χ3n) is 3.57. The summed E-state index contributed by atoms with van der Waals surface area (Å²) < 4.78 is 14.9. The van der Waals surface area contributed by atoms with Crippen LogP contribution in [0.4, 0.5) is 4.39 Å². The molecule has 0 radical (unpaired) electrons. The number of nitrogens with one attached hydrogen (secondary N) is 1. The molecule has 0 saturated carbocycles. The van der Waals surface area contributed by atoms with Crippen molar-refractivity contribution in [2.75, 3.05) is 20.6 Å². The van der Waals surface area contributed by atoms with Crippen LogP contribution in [0.5, 0.6) is 0 Å². The maximum atomic E-state index is 13.0. The minimum Gasteiger partial charge on any atom is -0.356 e. The van der Waals surface area contributed by atoms with Crippen LogP contribution in [-0.2, 0) is 13.1 Å². The zero-order valence-corrected chi connectivity index (χ0v) is 16.6. The Kier molecular flexibility index (Phi) is 8.73. The van der Waals surface area contributed by atoms with E-state index in [2.05, 4.69) is 22.3 Å². The average Bonchev–Trinajstić information content (AvgIpc) is 3.03. The van der Waals surface area contributed by atoms with Gasteiger partial charge in [0.1, 0.15) is 5.82 Å². The van der Waals surface area contributed by atoms with Gasteiger partial charge in [-0.3, -0.25) is 9.67 Å². The number of hydrogen-bond donors (Lipinski definition) is 1. The lowest BCUT2D eigenvalue weighted by molar-refractivity contribution is 0.423. The van der Waals surface area contributed by atoms with E-state index >= 15 is 0 Å². The molecule has 0 aliphatic heterocycles. The maximum absolute atomic E-state index is 13.0. The van der Waals surface area contributed by atoms with Crippen LogP contribution in [0, 0.1) is 11.7 Å². The van der Waals surface area contributed by atoms with Crippen LogP contribution in [0.25, 0.3) is 0 Å². The van der Waals surface area contributed by atoms with Crippen LogP contribution in [0.3, 0.4) is 0 Å². The van der Waals surface area contributed by atoms with E-state index < -0.39 is 0 Å². The number of halogens is 2. The first-order chi connectivity index (χ1) is 11.1. The number of hydrogen-bond acceptors (Lipinski definition) is 2. The summed E-state index contributed by atoms with van der Waals surface area (Å²) in [4.78, 5) is 6.33. The quantitative estimate of drug-likeness (QED) is 0.423. The fraction of sp³-hybridized carbons (Fsp3) is 0.412. The van der Waals surface area contributed by atoms with Gasteiger partial charge in [0.2, 0.25) is 0 Å². The zero-order chi connectivity index (χ0) is 16.7. The summed E-state index contributed by atoms with van der Waals surface area (Å²) in [6.45, 7) is 4.51. The van der Waals surface area contributed by atoms with E-state index in [0.717, 1.165) is 24.6 Å². The molecule has 0 amide bonds. The van der Waals surface area contributed by atoms with E-state index in [1.54, 1.807) is 25.4 Å². The Morgan fingerprint density at radius 2 is 2.08 bits per heavy atom. The fourth-order valence-corrected chi connectivity index (χ4v) is 2.38. The predicted octanol–water partition coefficient (Wildman–Crippen LogP) is 2.98. The molecule has 1 N–H and O–H groups in total. The molecule has 132 valence electrons. The molecule has 1 unspecified atom stereocenters. The van der Waals surface area contributed by atoms with E-state index in [9.17, 15) is 4.39 Å². The van der Waals surface area contributed by atoms with Crippen molar-refractivity contribution in [1.82, 2.24) is 20.0 Å². The minimum absolute atomic E-state index is 0. The van der Waals surface area contributed by atoms with Gasteiger partial charge < -0.3 is 10.2 Å². The first-order valence-corrected chi connectivity index (χ1v) is 7.72. The van der Waals surface area contributed by atoms with Crippen LogP contribution in [0.1, 0.15) is 12.5 Å². The molecule has 24 heavy (non-hydrogen) atoms. The van der Waals surface area contributed by atoms with Gasteiger partial charge in [-0.05, 0) is 29.7 Å². The summed E-state index contributed by atoms with van der Waals surface area (Å²) in [7, 11) is 3.73. The second-order valence-corrected chi connectivity index (χ2v) is 5.74. The second-order valence-electron chi connectivity index (χ2n) is 5.74. The first kappa shape index (κ1) is 20.4. The lowest BCUT2D eigenvalue weighted by Gasteiger charge is -2.23. The van der Waals surface area contributed by atoms with Crippen molar-refractivity contribution in [3.8, 4) is 0 Å². The third kappa shape index (κ3) is 6.46. The maximum Gasteiger partial charge on any atom is 0.193 e. The Labute approximate surface area is 160 Å². The zero-order valence-electron chi connectivity index (χ0n) is 14.3. The monoisotopic (exact) mass is 445 g/mol. The Morgan fingerprint density at radius 3 is 2.67 bits per heavy atom. The number of aromatic nitrogens is 2. The number of benzene rings is 1. The van der Waals surface area contributed by atoms with Crippen molar-refractivity contribution in [3.63, 3.8) is 0 Å². The van der Waals surface area contributed by atoms with Gasteiger partial charge in [-0.25, -0.2) is 4.39 Å². The average molecular weight is 445 g/mol. The van der Waals surface area contributed by atoms with Crippen molar-refractivity contribution >= 4 is 29.9 Å². The van der Waals surface area contributed by atoms with Gasteiger partial charge in [0.25, 0.3) is 0 Å². The summed E-state index contributed by atoms with van der Waals surface area (Å²) in [6, 6.07) is 8.46. The van der Waals surface area contributed by atoms with E-state index in [-0.39, 0.29) is 29.8 Å². The highest BCUT2D eigenvalue weighted by molar-refractivity contribution is 14.0. The topological polar surface area (TPSA) is 45.5 Å². The Bertz CT molecular complexity index is 612. The molecule has 0 aliphatic rings. The normalized spacial score (nSPS) is 12.4. The van der Waals surface area contributed by atoms with E-state index in [0.29, 0.717) is 12.5 Å². The van der Waals surface area contributed by atoms with Gasteiger partial charge in [-0.15, -0.1) is 24.0 Å². The van der Waals surface area contributed by atoms with Crippen LogP contribution in [-0.4, -0.2) is 41.3 Å². The van der Waals surface area contributed by atoms with Crippen molar-refractivity contribution in [3.05, 3.63) is 54.1 Å². The Balaban J connectivity index is 0.00000288. The number of guanidine groups is 1. The van der Waals surface area contributed by atoms with Crippen molar-refractivity contribution in [1.29, 1.82) is 0 Å². The molecule has 5 nitrogen and oxygen atoms in total. The van der Waals surface area contributed by atoms with Crippen LogP contribution < -0.4 is 5.32 Å². The second kappa shape index (κ2) is 10.3. The van der Waals surface area contributed by atoms with Gasteiger partial charge in [0.15, 0.2) is 5.96 Å². The molecule has 0 aliphatic carbocycles. The highest BCUT2D eigenvalue weighted by atomic mass is 127. The lowest BCUT2D eigenvalue weighted by Crippen LogP contribution is -2.40. The highest BCUT2D eigenvalue weighted by Crippen LogP contribution is 2.06. The largest absolute Gasteiger partial charge is 0.356 e. The molecule has 1 atom stereocenters. The molecule has 1 aromatic carbocycles. The summed E-state index contributed by atoms with van der Waals surface area (Å²) in [5.41, 5.74) is 1.04.